The Kier molecular flexibility index (Phi) is 6.87. The van der Waals surface area contributed by atoms with E-state index in [2.05, 4.69) is 34.6 Å². The summed E-state index contributed by atoms with van der Waals surface area (Å²) < 4.78 is 5.18. The zero-order valence-corrected chi connectivity index (χ0v) is 21.6. The van der Waals surface area contributed by atoms with Gasteiger partial charge in [-0.1, -0.05) is 41.0 Å². The molecule has 0 bridgehead atoms. The first-order chi connectivity index (χ1) is 15.2. The smallest absolute Gasteiger partial charge is 0.305 e. The van der Waals surface area contributed by atoms with Crippen LogP contribution in [0.2, 0.25) is 0 Å². The van der Waals surface area contributed by atoms with Gasteiger partial charge < -0.3 is 4.74 Å². The Bertz CT molecular complexity index is 715. The Balaban J connectivity index is 1.56. The number of rotatable bonds is 6. The van der Waals surface area contributed by atoms with Gasteiger partial charge in [0.2, 0.25) is 0 Å². The van der Waals surface area contributed by atoms with Crippen molar-refractivity contribution in [1.82, 2.24) is 0 Å². The van der Waals surface area contributed by atoms with Gasteiger partial charge in [0, 0.05) is 18.3 Å². The molecule has 3 nitrogen and oxygen atoms in total. The first-order valence-electron chi connectivity index (χ1n) is 13.9. The van der Waals surface area contributed by atoms with Crippen LogP contribution in [-0.4, -0.2) is 18.4 Å². The van der Waals surface area contributed by atoms with Crippen LogP contribution in [0.5, 0.6) is 0 Å². The molecule has 0 radical (unpaired) electrons. The third-order valence-electron chi connectivity index (χ3n) is 11.3. The molecule has 0 aromatic rings. The second kappa shape index (κ2) is 9.06. The quantitative estimate of drug-likeness (QED) is 0.411. The van der Waals surface area contributed by atoms with Gasteiger partial charge in [0.05, 0.1) is 6.61 Å². The first-order valence-corrected chi connectivity index (χ1v) is 13.9. The molecule has 0 aromatic heterocycles. The van der Waals surface area contributed by atoms with Crippen LogP contribution >= 0.6 is 0 Å². The molecule has 6 unspecified atom stereocenters. The van der Waals surface area contributed by atoms with Crippen LogP contribution in [0, 0.1) is 58.2 Å². The van der Waals surface area contributed by atoms with Crippen molar-refractivity contribution >= 4 is 11.8 Å². The molecule has 0 aromatic carbocycles. The number of fused-ring (bicyclic) bond motifs is 5. The van der Waals surface area contributed by atoms with Crippen LogP contribution < -0.4 is 0 Å². The molecular formula is C29H48O3. The van der Waals surface area contributed by atoms with Crippen LogP contribution in [-0.2, 0) is 14.3 Å². The van der Waals surface area contributed by atoms with Gasteiger partial charge in [0.1, 0.15) is 5.78 Å². The standard InChI is InChI=1S/C29H48O3/c1-7-20-24-17-18(3)13-15-29(24,6)23-14-16-28(5)21(10-11-22(28)26(23)27(20)31)19(4)9-12-25(30)32-8-2/h18-24,26H,7-17H2,1-6H3/t18-,19-,20?,21?,22?,23?,24?,26?,28-,29-/m1/s1. The molecule has 4 saturated carbocycles. The fourth-order valence-electron chi connectivity index (χ4n) is 9.61. The van der Waals surface area contributed by atoms with E-state index in [4.69, 9.17) is 4.74 Å². The average molecular weight is 445 g/mol. The van der Waals surface area contributed by atoms with Gasteiger partial charge in [-0.15, -0.1) is 0 Å². The highest BCUT2D eigenvalue weighted by molar-refractivity contribution is 5.86. The highest BCUT2D eigenvalue weighted by atomic mass is 16.5. The molecule has 4 aliphatic rings. The number of esters is 1. The van der Waals surface area contributed by atoms with Gasteiger partial charge in [-0.2, -0.15) is 0 Å². The zero-order chi connectivity index (χ0) is 23.3. The minimum atomic E-state index is -0.0542. The Morgan fingerprint density at radius 1 is 1.03 bits per heavy atom. The molecular weight excluding hydrogens is 396 g/mol. The second-order valence-corrected chi connectivity index (χ2v) is 12.7. The summed E-state index contributed by atoms with van der Waals surface area (Å²) in [5, 5.41) is 0. The molecule has 0 heterocycles. The lowest BCUT2D eigenvalue weighted by Crippen LogP contribution is -2.60. The Morgan fingerprint density at radius 2 is 1.72 bits per heavy atom. The molecule has 182 valence electrons. The third-order valence-corrected chi connectivity index (χ3v) is 11.3. The van der Waals surface area contributed by atoms with Crippen LogP contribution in [0.1, 0.15) is 106 Å². The van der Waals surface area contributed by atoms with Crippen LogP contribution in [0.3, 0.4) is 0 Å². The van der Waals surface area contributed by atoms with Gasteiger partial charge >= 0.3 is 5.97 Å². The summed E-state index contributed by atoms with van der Waals surface area (Å²) in [5.74, 6) is 4.84. The van der Waals surface area contributed by atoms with Gasteiger partial charge in [0.25, 0.3) is 0 Å². The van der Waals surface area contributed by atoms with Crippen molar-refractivity contribution in [3.63, 3.8) is 0 Å². The number of carbonyl (C=O) groups excluding carboxylic acids is 2. The molecule has 0 N–H and O–H groups in total. The molecule has 32 heavy (non-hydrogen) atoms. The molecule has 0 aliphatic heterocycles. The fraction of sp³-hybridized carbons (Fsp3) is 0.931. The van der Waals surface area contributed by atoms with E-state index in [9.17, 15) is 9.59 Å². The van der Waals surface area contributed by atoms with Crippen molar-refractivity contribution in [2.75, 3.05) is 6.61 Å². The summed E-state index contributed by atoms with van der Waals surface area (Å²) in [5.41, 5.74) is 0.620. The van der Waals surface area contributed by atoms with Gasteiger partial charge in [-0.25, -0.2) is 0 Å². The second-order valence-electron chi connectivity index (χ2n) is 12.7. The summed E-state index contributed by atoms with van der Waals surface area (Å²) in [4.78, 5) is 26.0. The molecule has 4 fully saturated rings. The van der Waals surface area contributed by atoms with Crippen molar-refractivity contribution in [3.05, 3.63) is 0 Å². The van der Waals surface area contributed by atoms with Crippen molar-refractivity contribution in [2.45, 2.75) is 106 Å². The largest absolute Gasteiger partial charge is 0.466 e. The molecule has 0 amide bonds. The summed E-state index contributed by atoms with van der Waals surface area (Å²) in [7, 11) is 0. The van der Waals surface area contributed by atoms with E-state index in [1.165, 1.54) is 44.9 Å². The van der Waals surface area contributed by atoms with Gasteiger partial charge in [-0.05, 0) is 105 Å². The van der Waals surface area contributed by atoms with Crippen LogP contribution in [0.25, 0.3) is 0 Å². The number of hydrogen-bond donors (Lipinski definition) is 0. The predicted molar refractivity (Wildman–Crippen MR) is 129 cm³/mol. The van der Waals surface area contributed by atoms with E-state index in [-0.39, 0.29) is 23.2 Å². The molecule has 10 atom stereocenters. The number of hydrogen-bond acceptors (Lipinski definition) is 3. The minimum Gasteiger partial charge on any atom is -0.466 e. The van der Waals surface area contributed by atoms with Gasteiger partial charge in [0.15, 0.2) is 0 Å². The number of ether oxygens (including phenoxy) is 1. The predicted octanol–water partition coefficient (Wildman–Crippen LogP) is 7.08. The van der Waals surface area contributed by atoms with Crippen molar-refractivity contribution in [1.29, 1.82) is 0 Å². The monoisotopic (exact) mass is 444 g/mol. The highest BCUT2D eigenvalue weighted by Crippen LogP contribution is 2.69. The van der Waals surface area contributed by atoms with Gasteiger partial charge in [-0.3, -0.25) is 9.59 Å². The molecule has 4 aliphatic carbocycles. The zero-order valence-electron chi connectivity index (χ0n) is 21.6. The molecule has 0 spiro atoms. The lowest BCUT2D eigenvalue weighted by Gasteiger charge is -2.62. The Hall–Kier alpha value is -0.860. The topological polar surface area (TPSA) is 43.4 Å². The third kappa shape index (κ3) is 3.78. The number of Topliss-reactive ketones (excluding diaryl/α,β-unsaturated/α-hetero) is 1. The molecule has 4 rings (SSSR count). The minimum absolute atomic E-state index is 0.0542. The first kappa shape index (κ1) is 24.3. The Labute approximate surface area is 196 Å². The van der Waals surface area contributed by atoms with Crippen LogP contribution in [0.15, 0.2) is 0 Å². The fourth-order valence-corrected chi connectivity index (χ4v) is 9.61. The van der Waals surface area contributed by atoms with E-state index >= 15 is 0 Å². The van der Waals surface area contributed by atoms with Crippen molar-refractivity contribution in [3.8, 4) is 0 Å². The normalized spacial score (nSPS) is 46.7. The summed E-state index contributed by atoms with van der Waals surface area (Å²) in [6, 6.07) is 0. The molecule has 0 saturated heterocycles. The molecule has 3 heteroatoms. The van der Waals surface area contributed by atoms with E-state index in [0.29, 0.717) is 53.8 Å². The number of ketones is 1. The Morgan fingerprint density at radius 3 is 2.41 bits per heavy atom. The summed E-state index contributed by atoms with van der Waals surface area (Å²) >= 11 is 0. The summed E-state index contributed by atoms with van der Waals surface area (Å²) in [6.45, 7) is 14.5. The maximum absolute atomic E-state index is 14.1. The van der Waals surface area contributed by atoms with E-state index in [1.807, 2.05) is 6.92 Å². The van der Waals surface area contributed by atoms with E-state index < -0.39 is 0 Å². The lowest BCUT2D eigenvalue weighted by molar-refractivity contribution is -0.170. The highest BCUT2D eigenvalue weighted by Gasteiger charge is 2.64. The van der Waals surface area contributed by atoms with Crippen molar-refractivity contribution < 1.29 is 14.3 Å². The van der Waals surface area contributed by atoms with Crippen LogP contribution in [0.4, 0.5) is 0 Å². The maximum atomic E-state index is 14.1. The SMILES string of the molecule is CCOC(=O)CC[C@@H](C)C1CCC2C3C(=O)C(CC)C4C[C@H](C)CC[C@]4(C)C3CC[C@@]21C. The average Bonchev–Trinajstić information content (AvgIpc) is 3.11. The van der Waals surface area contributed by atoms with E-state index in [0.717, 1.165) is 18.8 Å². The van der Waals surface area contributed by atoms with E-state index in [1.54, 1.807) is 0 Å². The lowest BCUT2D eigenvalue weighted by atomic mass is 9.41. The van der Waals surface area contributed by atoms with Crippen molar-refractivity contribution in [2.24, 2.45) is 58.2 Å². The summed E-state index contributed by atoms with van der Waals surface area (Å²) in [6.07, 6.45) is 11.4. The number of carbonyl (C=O) groups is 2. The maximum Gasteiger partial charge on any atom is 0.305 e.